The normalized spacial score (nSPS) is 11.4. The van der Waals surface area contributed by atoms with Gasteiger partial charge in [0.25, 0.3) is 0 Å². The van der Waals surface area contributed by atoms with Crippen LogP contribution in [0.2, 0.25) is 0 Å². The molecule has 0 amide bonds. The Morgan fingerprint density at radius 1 is 0.562 bits per heavy atom. The highest BCUT2D eigenvalue weighted by Gasteiger charge is 2.27. The number of unbranched alkanes of at least 4 members (excludes halogenated alkanes) is 18. The Balaban J connectivity index is 0. The van der Waals surface area contributed by atoms with E-state index in [0.29, 0.717) is 6.42 Å². The van der Waals surface area contributed by atoms with Crippen molar-refractivity contribution in [1.29, 1.82) is 0 Å². The Bertz CT molecular complexity index is 359. The molecule has 0 radical (unpaired) electrons. The van der Waals surface area contributed by atoms with E-state index in [-0.39, 0.29) is 17.5 Å². The van der Waals surface area contributed by atoms with Crippen LogP contribution < -0.4 is 6.15 Å². The lowest BCUT2D eigenvalue weighted by atomic mass is 9.77. The fourth-order valence-corrected chi connectivity index (χ4v) is 4.80. The van der Waals surface area contributed by atoms with E-state index in [0.717, 1.165) is 0 Å². The van der Waals surface area contributed by atoms with Crippen LogP contribution in [0.3, 0.4) is 0 Å². The summed E-state index contributed by atoms with van der Waals surface area (Å²) < 4.78 is 5.01. The Morgan fingerprint density at radius 2 is 0.844 bits per heavy atom. The van der Waals surface area contributed by atoms with E-state index >= 15 is 0 Å². The summed E-state index contributed by atoms with van der Waals surface area (Å²) in [6, 6.07) is 0. The maximum atomic E-state index is 12.0. The van der Waals surface area contributed by atoms with Gasteiger partial charge in [-0.05, 0) is 18.3 Å². The van der Waals surface area contributed by atoms with Crippen LogP contribution in [0.15, 0.2) is 0 Å². The minimum Gasteiger partial charge on any atom is -0.469 e. The van der Waals surface area contributed by atoms with Gasteiger partial charge in [-0.2, -0.15) is 0 Å². The lowest BCUT2D eigenvalue weighted by Gasteiger charge is -2.28. The standard InChI is InChI=1S/C29H58O2.H3N/c1-5-7-9-11-13-15-17-19-21-23-25-29(3,27-28(30)31-4)26-24-22-20-18-16-14-12-10-8-6-2;/h5-27H2,1-4H3;1H3. The van der Waals surface area contributed by atoms with E-state index in [2.05, 4.69) is 20.8 Å². The first-order chi connectivity index (χ1) is 15.1. The van der Waals surface area contributed by atoms with E-state index in [4.69, 9.17) is 4.74 Å². The summed E-state index contributed by atoms with van der Waals surface area (Å²) >= 11 is 0. The van der Waals surface area contributed by atoms with Gasteiger partial charge in [-0.1, -0.05) is 149 Å². The third kappa shape index (κ3) is 22.6. The first kappa shape index (κ1) is 33.6. The molecule has 0 aromatic rings. The van der Waals surface area contributed by atoms with Crippen molar-refractivity contribution in [3.05, 3.63) is 0 Å². The van der Waals surface area contributed by atoms with Crippen molar-refractivity contribution in [2.75, 3.05) is 7.11 Å². The molecule has 3 heteroatoms. The SMILES string of the molecule is CCCCCCCCCCCCC(C)(CCCCCCCCCCCC)CC(=O)OC.N. The summed E-state index contributed by atoms with van der Waals surface area (Å²) in [5.74, 6) is -0.0262. The minimum atomic E-state index is -0.0262. The topological polar surface area (TPSA) is 61.3 Å². The zero-order chi connectivity index (χ0) is 23.0. The lowest BCUT2D eigenvalue weighted by molar-refractivity contribution is -0.143. The van der Waals surface area contributed by atoms with Crippen molar-refractivity contribution in [2.45, 2.75) is 168 Å². The highest BCUT2D eigenvalue weighted by Crippen LogP contribution is 2.35. The largest absolute Gasteiger partial charge is 0.469 e. The number of hydrogen-bond acceptors (Lipinski definition) is 3. The number of carbonyl (C=O) groups is 1. The fourth-order valence-electron chi connectivity index (χ4n) is 4.80. The van der Waals surface area contributed by atoms with Crippen molar-refractivity contribution in [1.82, 2.24) is 6.15 Å². The first-order valence-corrected chi connectivity index (χ1v) is 14.1. The second kappa shape index (κ2) is 25.1. The molecular formula is C29H61NO2. The molecule has 0 fully saturated rings. The monoisotopic (exact) mass is 455 g/mol. The summed E-state index contributed by atoms with van der Waals surface area (Å²) in [6.45, 7) is 6.89. The Morgan fingerprint density at radius 3 is 1.12 bits per heavy atom. The van der Waals surface area contributed by atoms with Crippen molar-refractivity contribution in [2.24, 2.45) is 5.41 Å². The minimum absolute atomic E-state index is 0. The van der Waals surface area contributed by atoms with E-state index in [1.165, 1.54) is 148 Å². The molecule has 0 aromatic carbocycles. The van der Waals surface area contributed by atoms with Crippen LogP contribution in [0.1, 0.15) is 168 Å². The predicted octanol–water partition coefficient (Wildman–Crippen LogP) is 10.3. The molecule has 0 aliphatic rings. The quantitative estimate of drug-likeness (QED) is 0.116. The summed E-state index contributed by atoms with van der Waals surface area (Å²) in [5, 5.41) is 0. The summed E-state index contributed by atoms with van der Waals surface area (Å²) in [4.78, 5) is 12.0. The first-order valence-electron chi connectivity index (χ1n) is 14.1. The molecule has 3 N–H and O–H groups in total. The van der Waals surface area contributed by atoms with E-state index in [1.54, 1.807) is 0 Å². The van der Waals surface area contributed by atoms with E-state index in [9.17, 15) is 4.79 Å². The molecule has 0 atom stereocenters. The summed E-state index contributed by atoms with van der Waals surface area (Å²) in [7, 11) is 1.53. The second-order valence-electron chi connectivity index (χ2n) is 10.4. The average Bonchev–Trinajstić information content (AvgIpc) is 2.76. The molecular weight excluding hydrogens is 394 g/mol. The number of hydrogen-bond donors (Lipinski definition) is 1. The van der Waals surface area contributed by atoms with Crippen molar-refractivity contribution < 1.29 is 9.53 Å². The van der Waals surface area contributed by atoms with Crippen LogP contribution in [0.5, 0.6) is 0 Å². The van der Waals surface area contributed by atoms with Crippen LogP contribution in [-0.4, -0.2) is 13.1 Å². The fraction of sp³-hybridized carbons (Fsp3) is 0.966. The molecule has 0 bridgehead atoms. The number of esters is 1. The van der Waals surface area contributed by atoms with Crippen LogP contribution in [0.25, 0.3) is 0 Å². The van der Waals surface area contributed by atoms with Gasteiger partial charge in [0, 0.05) is 0 Å². The molecule has 32 heavy (non-hydrogen) atoms. The molecule has 0 aliphatic carbocycles. The third-order valence-corrected chi connectivity index (χ3v) is 7.07. The number of methoxy groups -OCH3 is 1. The third-order valence-electron chi connectivity index (χ3n) is 7.07. The van der Waals surface area contributed by atoms with E-state index in [1.807, 2.05) is 0 Å². The second-order valence-corrected chi connectivity index (χ2v) is 10.4. The van der Waals surface area contributed by atoms with Crippen molar-refractivity contribution in [3.8, 4) is 0 Å². The van der Waals surface area contributed by atoms with Gasteiger partial charge in [0.05, 0.1) is 13.5 Å². The van der Waals surface area contributed by atoms with Gasteiger partial charge in [0.15, 0.2) is 0 Å². The van der Waals surface area contributed by atoms with Crippen LogP contribution in [0, 0.1) is 5.41 Å². The van der Waals surface area contributed by atoms with Gasteiger partial charge in [-0.15, -0.1) is 0 Å². The predicted molar refractivity (Wildman–Crippen MR) is 143 cm³/mol. The summed E-state index contributed by atoms with van der Waals surface area (Å²) in [6.07, 6.45) is 30.4. The molecule has 3 nitrogen and oxygen atoms in total. The molecule has 0 aromatic heterocycles. The van der Waals surface area contributed by atoms with Gasteiger partial charge in [-0.25, -0.2) is 0 Å². The Labute approximate surface area is 202 Å². The Kier molecular flexibility index (Phi) is 26.3. The van der Waals surface area contributed by atoms with Gasteiger partial charge >= 0.3 is 5.97 Å². The van der Waals surface area contributed by atoms with Gasteiger partial charge in [-0.3, -0.25) is 4.79 Å². The lowest BCUT2D eigenvalue weighted by Crippen LogP contribution is -2.22. The average molecular weight is 456 g/mol. The molecule has 0 aliphatic heterocycles. The van der Waals surface area contributed by atoms with Gasteiger partial charge < -0.3 is 10.9 Å². The Hall–Kier alpha value is -0.570. The number of rotatable bonds is 24. The highest BCUT2D eigenvalue weighted by atomic mass is 16.5. The molecule has 0 spiro atoms. The smallest absolute Gasteiger partial charge is 0.306 e. The number of ether oxygens (including phenoxy) is 1. The van der Waals surface area contributed by atoms with Gasteiger partial charge in [0.1, 0.15) is 0 Å². The maximum absolute atomic E-state index is 12.0. The highest BCUT2D eigenvalue weighted by molar-refractivity contribution is 5.70. The van der Waals surface area contributed by atoms with Crippen LogP contribution in [0.4, 0.5) is 0 Å². The van der Waals surface area contributed by atoms with Crippen molar-refractivity contribution >= 4 is 5.97 Å². The van der Waals surface area contributed by atoms with Gasteiger partial charge in [0.2, 0.25) is 0 Å². The molecule has 0 rings (SSSR count). The summed E-state index contributed by atoms with van der Waals surface area (Å²) in [5.41, 5.74) is 0.132. The molecule has 194 valence electrons. The molecule has 0 saturated carbocycles. The van der Waals surface area contributed by atoms with Crippen LogP contribution in [-0.2, 0) is 9.53 Å². The molecule has 0 saturated heterocycles. The molecule has 0 heterocycles. The van der Waals surface area contributed by atoms with Crippen LogP contribution >= 0.6 is 0 Å². The zero-order valence-corrected chi connectivity index (χ0v) is 22.8. The van der Waals surface area contributed by atoms with E-state index < -0.39 is 0 Å². The number of carbonyl (C=O) groups excluding carboxylic acids is 1. The van der Waals surface area contributed by atoms with Crippen molar-refractivity contribution in [3.63, 3.8) is 0 Å². The maximum Gasteiger partial charge on any atom is 0.306 e. The zero-order valence-electron chi connectivity index (χ0n) is 22.8. The molecule has 0 unspecified atom stereocenters.